The number of thiophene rings is 1. The van der Waals surface area contributed by atoms with Crippen molar-refractivity contribution < 1.29 is 14.1 Å². The minimum Gasteiger partial charge on any atom is -0.345 e. The van der Waals surface area contributed by atoms with Crippen LogP contribution in [0.1, 0.15) is 33.1 Å². The molecule has 0 aliphatic rings. The van der Waals surface area contributed by atoms with E-state index in [1.54, 1.807) is 11.3 Å². The van der Waals surface area contributed by atoms with Gasteiger partial charge in [-0.3, -0.25) is 14.9 Å². The van der Waals surface area contributed by atoms with Crippen LogP contribution in [0.25, 0.3) is 0 Å². The number of nitrogens with zero attached hydrogens (tertiary/aromatic N) is 1. The normalized spacial score (nSPS) is 12.0. The van der Waals surface area contributed by atoms with Crippen molar-refractivity contribution in [3.05, 3.63) is 61.6 Å². The topological polar surface area (TPSA) is 72.2 Å². The molecule has 1 aromatic heterocycles. The van der Waals surface area contributed by atoms with E-state index >= 15 is 0 Å². The van der Waals surface area contributed by atoms with E-state index < -0.39 is 22.3 Å². The number of nitro benzene ring substituents is 1. The Morgan fingerprint density at radius 1 is 1.38 bits per heavy atom. The van der Waals surface area contributed by atoms with E-state index in [0.717, 1.165) is 21.9 Å². The lowest BCUT2D eigenvalue weighted by Crippen LogP contribution is -2.26. The second-order valence-corrected chi connectivity index (χ2v) is 5.89. The van der Waals surface area contributed by atoms with Gasteiger partial charge in [0.1, 0.15) is 0 Å². The lowest BCUT2D eigenvalue weighted by atomic mass is 10.1. The van der Waals surface area contributed by atoms with Gasteiger partial charge in [0.2, 0.25) is 5.82 Å². The van der Waals surface area contributed by atoms with Crippen molar-refractivity contribution in [1.82, 2.24) is 5.32 Å². The van der Waals surface area contributed by atoms with Gasteiger partial charge in [-0.15, -0.1) is 11.3 Å². The number of benzene rings is 1. The molecule has 0 spiro atoms. The largest absolute Gasteiger partial charge is 0.345 e. The zero-order valence-electron chi connectivity index (χ0n) is 11.4. The van der Waals surface area contributed by atoms with Crippen LogP contribution in [-0.4, -0.2) is 10.8 Å². The average molecular weight is 308 g/mol. The maximum atomic E-state index is 13.5. The summed E-state index contributed by atoms with van der Waals surface area (Å²) in [6, 6.07) is 6.76. The number of carbonyl (C=O) groups is 1. The fraction of sp³-hybridized carbons (Fsp3) is 0.214. The molecule has 7 heteroatoms. The fourth-order valence-electron chi connectivity index (χ4n) is 1.83. The van der Waals surface area contributed by atoms with Crippen molar-refractivity contribution in [2.45, 2.75) is 19.9 Å². The van der Waals surface area contributed by atoms with Crippen molar-refractivity contribution in [2.24, 2.45) is 0 Å². The Bertz CT molecular complexity index is 699. The van der Waals surface area contributed by atoms with Crippen LogP contribution in [0.4, 0.5) is 10.1 Å². The van der Waals surface area contributed by atoms with E-state index in [0.29, 0.717) is 0 Å². The van der Waals surface area contributed by atoms with Gasteiger partial charge in [-0.25, -0.2) is 0 Å². The second kappa shape index (κ2) is 6.01. The van der Waals surface area contributed by atoms with Gasteiger partial charge in [-0.1, -0.05) is 0 Å². The third kappa shape index (κ3) is 3.43. The molecule has 0 aliphatic carbocycles. The number of halogens is 1. The molecule has 1 amide bonds. The van der Waals surface area contributed by atoms with Crippen LogP contribution in [-0.2, 0) is 0 Å². The van der Waals surface area contributed by atoms with Crippen LogP contribution < -0.4 is 5.32 Å². The van der Waals surface area contributed by atoms with Gasteiger partial charge >= 0.3 is 5.69 Å². The monoisotopic (exact) mass is 308 g/mol. The molecule has 21 heavy (non-hydrogen) atoms. The van der Waals surface area contributed by atoms with Crippen LogP contribution in [0, 0.1) is 22.9 Å². The van der Waals surface area contributed by atoms with Gasteiger partial charge in [0.15, 0.2) is 0 Å². The first-order valence-electron chi connectivity index (χ1n) is 6.19. The summed E-state index contributed by atoms with van der Waals surface area (Å²) in [7, 11) is 0. The number of hydrogen-bond donors (Lipinski definition) is 1. The molecule has 0 fully saturated rings. The summed E-state index contributed by atoms with van der Waals surface area (Å²) < 4.78 is 13.5. The molecule has 1 heterocycles. The number of aryl methyl sites for hydroxylation is 1. The van der Waals surface area contributed by atoms with Crippen LogP contribution in [0.3, 0.4) is 0 Å². The SMILES string of the molecule is Cc1ccc(C(C)NC(=O)c2ccc([N+](=O)[O-])c(F)c2)s1. The van der Waals surface area contributed by atoms with Gasteiger partial charge in [0.25, 0.3) is 5.91 Å². The van der Waals surface area contributed by atoms with E-state index in [2.05, 4.69) is 5.32 Å². The van der Waals surface area contributed by atoms with Gasteiger partial charge in [-0.2, -0.15) is 4.39 Å². The lowest BCUT2D eigenvalue weighted by molar-refractivity contribution is -0.387. The third-order valence-corrected chi connectivity index (χ3v) is 4.13. The van der Waals surface area contributed by atoms with E-state index in [1.807, 2.05) is 26.0 Å². The Hall–Kier alpha value is -2.28. The van der Waals surface area contributed by atoms with Crippen LogP contribution in [0.5, 0.6) is 0 Å². The molecule has 0 bridgehead atoms. The number of nitrogens with one attached hydrogen (secondary N) is 1. The predicted octanol–water partition coefficient (Wildman–Crippen LogP) is 3.59. The number of carbonyl (C=O) groups excluding carboxylic acids is 1. The molecule has 2 rings (SSSR count). The molecule has 1 aromatic carbocycles. The van der Waals surface area contributed by atoms with E-state index in [1.165, 1.54) is 6.07 Å². The minimum absolute atomic E-state index is 0.0539. The van der Waals surface area contributed by atoms with Crippen LogP contribution in [0.15, 0.2) is 30.3 Å². The molecular weight excluding hydrogens is 295 g/mol. The molecule has 1 atom stereocenters. The first-order chi connectivity index (χ1) is 9.88. The second-order valence-electron chi connectivity index (χ2n) is 4.57. The summed E-state index contributed by atoms with van der Waals surface area (Å²) in [6.45, 7) is 3.79. The molecule has 0 radical (unpaired) electrons. The fourth-order valence-corrected chi connectivity index (χ4v) is 2.71. The summed E-state index contributed by atoms with van der Waals surface area (Å²) in [5.41, 5.74) is -0.591. The van der Waals surface area contributed by atoms with Gasteiger partial charge < -0.3 is 5.32 Å². The Labute approximate surface area is 124 Å². The molecule has 2 aromatic rings. The molecule has 0 aliphatic heterocycles. The molecule has 0 saturated heterocycles. The van der Waals surface area contributed by atoms with E-state index in [4.69, 9.17) is 0 Å². The first kappa shape index (κ1) is 15.1. The first-order valence-corrected chi connectivity index (χ1v) is 7.01. The highest BCUT2D eigenvalue weighted by atomic mass is 32.1. The summed E-state index contributed by atoms with van der Waals surface area (Å²) in [4.78, 5) is 23.9. The molecular formula is C14H13FN2O3S. The Morgan fingerprint density at radius 2 is 2.10 bits per heavy atom. The van der Waals surface area contributed by atoms with E-state index in [9.17, 15) is 19.3 Å². The lowest BCUT2D eigenvalue weighted by Gasteiger charge is -2.12. The molecule has 1 unspecified atom stereocenters. The average Bonchev–Trinajstić information content (AvgIpc) is 2.84. The van der Waals surface area contributed by atoms with E-state index in [-0.39, 0.29) is 11.6 Å². The Balaban J connectivity index is 2.13. The van der Waals surface area contributed by atoms with Crippen molar-refractivity contribution in [3.63, 3.8) is 0 Å². The highest BCUT2D eigenvalue weighted by Gasteiger charge is 2.18. The maximum absolute atomic E-state index is 13.5. The van der Waals surface area contributed by atoms with Crippen LogP contribution in [0.2, 0.25) is 0 Å². The molecule has 1 N–H and O–H groups in total. The smallest absolute Gasteiger partial charge is 0.304 e. The highest BCUT2D eigenvalue weighted by molar-refractivity contribution is 7.12. The van der Waals surface area contributed by atoms with Gasteiger partial charge in [0, 0.05) is 21.4 Å². The standard InChI is InChI=1S/C14H13FN2O3S/c1-8-3-6-13(21-8)9(2)16-14(18)10-4-5-12(17(19)20)11(15)7-10/h3-7,9H,1-2H3,(H,16,18). The molecule has 5 nitrogen and oxygen atoms in total. The molecule has 110 valence electrons. The summed E-state index contributed by atoms with van der Waals surface area (Å²) in [5.74, 6) is -1.49. The van der Waals surface area contributed by atoms with Gasteiger partial charge in [0.05, 0.1) is 11.0 Å². The highest BCUT2D eigenvalue weighted by Crippen LogP contribution is 2.23. The zero-order valence-corrected chi connectivity index (χ0v) is 12.2. The quantitative estimate of drug-likeness (QED) is 0.693. The summed E-state index contributed by atoms with van der Waals surface area (Å²) >= 11 is 1.56. The summed E-state index contributed by atoms with van der Waals surface area (Å²) in [5, 5.41) is 13.3. The zero-order chi connectivity index (χ0) is 15.6. The number of rotatable bonds is 4. The number of amides is 1. The van der Waals surface area contributed by atoms with Crippen molar-refractivity contribution >= 4 is 22.9 Å². The number of nitro groups is 1. The van der Waals surface area contributed by atoms with Crippen LogP contribution >= 0.6 is 11.3 Å². The predicted molar refractivity (Wildman–Crippen MR) is 78.0 cm³/mol. The minimum atomic E-state index is -1.02. The van der Waals surface area contributed by atoms with Crippen molar-refractivity contribution in [2.75, 3.05) is 0 Å². The van der Waals surface area contributed by atoms with Crippen molar-refractivity contribution in [3.8, 4) is 0 Å². The third-order valence-electron chi connectivity index (χ3n) is 2.94. The number of hydrogen-bond acceptors (Lipinski definition) is 4. The van der Waals surface area contributed by atoms with Gasteiger partial charge in [-0.05, 0) is 38.1 Å². The van der Waals surface area contributed by atoms with Crippen molar-refractivity contribution in [1.29, 1.82) is 0 Å². The summed E-state index contributed by atoms with van der Waals surface area (Å²) in [6.07, 6.45) is 0. The Morgan fingerprint density at radius 3 is 2.62 bits per heavy atom. The Kier molecular flexibility index (Phi) is 4.32. The maximum Gasteiger partial charge on any atom is 0.304 e. The molecule has 0 saturated carbocycles.